The van der Waals surface area contributed by atoms with Gasteiger partial charge in [0.1, 0.15) is 17.9 Å². The van der Waals surface area contributed by atoms with Crippen LogP contribution < -0.4 is 15.0 Å². The zero-order valence-corrected chi connectivity index (χ0v) is 20.3. The van der Waals surface area contributed by atoms with Crippen molar-refractivity contribution in [1.29, 1.82) is 0 Å². The number of carbonyl (C=O) groups excluding carboxylic acids is 3. The molecule has 1 N–H and O–H groups in total. The van der Waals surface area contributed by atoms with Gasteiger partial charge in [-0.25, -0.2) is 9.69 Å². The first-order valence-corrected chi connectivity index (χ1v) is 11.3. The second-order valence-electron chi connectivity index (χ2n) is 7.69. The predicted octanol–water partition coefficient (Wildman–Crippen LogP) is 5.09. The van der Waals surface area contributed by atoms with Crippen LogP contribution in [-0.2, 0) is 9.59 Å². The Bertz CT molecular complexity index is 1320. The van der Waals surface area contributed by atoms with Crippen molar-refractivity contribution in [2.24, 2.45) is 0 Å². The van der Waals surface area contributed by atoms with Crippen LogP contribution in [0.5, 0.6) is 5.75 Å². The number of urea groups is 1. The molecule has 0 saturated carbocycles. The van der Waals surface area contributed by atoms with Crippen LogP contribution in [0.4, 0.5) is 10.5 Å². The lowest BCUT2D eigenvalue weighted by molar-refractivity contribution is -0.122. The molecule has 1 aromatic heterocycles. The quantitative estimate of drug-likeness (QED) is 0.279. The van der Waals surface area contributed by atoms with Crippen molar-refractivity contribution in [2.75, 3.05) is 11.5 Å². The molecule has 2 aromatic carbocycles. The number of anilines is 1. The van der Waals surface area contributed by atoms with Crippen molar-refractivity contribution in [3.63, 3.8) is 0 Å². The van der Waals surface area contributed by atoms with Gasteiger partial charge in [-0.15, -0.1) is 0 Å². The zero-order valence-electron chi connectivity index (χ0n) is 18.7. The summed E-state index contributed by atoms with van der Waals surface area (Å²) in [5.74, 6) is -0.669. The molecule has 4 amide bonds. The van der Waals surface area contributed by atoms with Crippen LogP contribution in [0.15, 0.2) is 77.3 Å². The van der Waals surface area contributed by atoms with Crippen molar-refractivity contribution in [2.45, 2.75) is 13.8 Å². The molecule has 4 rings (SSSR count). The highest BCUT2D eigenvalue weighted by atomic mass is 79.9. The highest BCUT2D eigenvalue weighted by Gasteiger charge is 2.37. The first-order chi connectivity index (χ1) is 16.3. The Morgan fingerprint density at radius 3 is 2.29 bits per heavy atom. The van der Waals surface area contributed by atoms with Gasteiger partial charge in [0, 0.05) is 21.5 Å². The van der Waals surface area contributed by atoms with Crippen LogP contribution in [0.2, 0.25) is 0 Å². The van der Waals surface area contributed by atoms with Crippen molar-refractivity contribution in [1.82, 2.24) is 9.88 Å². The fourth-order valence-electron chi connectivity index (χ4n) is 3.82. The number of benzene rings is 2. The van der Waals surface area contributed by atoms with Gasteiger partial charge in [0.05, 0.1) is 5.69 Å². The van der Waals surface area contributed by atoms with E-state index in [1.165, 1.54) is 6.08 Å². The number of halogens is 1. The maximum atomic E-state index is 13.2. The van der Waals surface area contributed by atoms with Gasteiger partial charge in [0.15, 0.2) is 0 Å². The van der Waals surface area contributed by atoms with Crippen LogP contribution >= 0.6 is 15.9 Å². The van der Waals surface area contributed by atoms with E-state index in [1.54, 1.807) is 30.3 Å². The average Bonchev–Trinajstić information content (AvgIpc) is 3.09. The van der Waals surface area contributed by atoms with Gasteiger partial charge in [-0.3, -0.25) is 14.9 Å². The molecule has 7 nitrogen and oxygen atoms in total. The molecule has 0 bridgehead atoms. The Balaban J connectivity index is 1.68. The zero-order chi connectivity index (χ0) is 24.4. The van der Waals surface area contributed by atoms with Crippen molar-refractivity contribution < 1.29 is 19.1 Å². The smallest absolute Gasteiger partial charge is 0.335 e. The molecule has 0 spiro atoms. The van der Waals surface area contributed by atoms with E-state index in [1.807, 2.05) is 48.7 Å². The summed E-state index contributed by atoms with van der Waals surface area (Å²) in [4.78, 5) is 39.1. The molecule has 34 heavy (non-hydrogen) atoms. The molecular formula is C26H22BrN3O4. The van der Waals surface area contributed by atoms with Gasteiger partial charge in [-0.05, 0) is 80.1 Å². The third-order valence-electron chi connectivity index (χ3n) is 5.42. The molecule has 1 aliphatic rings. The van der Waals surface area contributed by atoms with Crippen LogP contribution in [0.1, 0.15) is 17.0 Å². The summed E-state index contributed by atoms with van der Waals surface area (Å²) in [5.41, 5.74) is 3.64. The largest absolute Gasteiger partial charge is 0.490 e. The predicted molar refractivity (Wildman–Crippen MR) is 134 cm³/mol. The van der Waals surface area contributed by atoms with E-state index in [2.05, 4.69) is 27.8 Å². The summed E-state index contributed by atoms with van der Waals surface area (Å²) < 4.78 is 8.37. The normalized spacial score (nSPS) is 15.0. The van der Waals surface area contributed by atoms with E-state index in [9.17, 15) is 14.4 Å². The number of aromatic nitrogens is 1. The topological polar surface area (TPSA) is 80.6 Å². The van der Waals surface area contributed by atoms with E-state index >= 15 is 0 Å². The highest BCUT2D eigenvalue weighted by Crippen LogP contribution is 2.27. The van der Waals surface area contributed by atoms with Crippen LogP contribution in [-0.4, -0.2) is 29.0 Å². The van der Waals surface area contributed by atoms with Crippen LogP contribution in [0.25, 0.3) is 11.8 Å². The number of rotatable bonds is 6. The van der Waals surface area contributed by atoms with E-state index in [0.717, 1.165) is 32.2 Å². The monoisotopic (exact) mass is 519 g/mol. The Morgan fingerprint density at radius 2 is 1.65 bits per heavy atom. The number of ether oxygens (including phenoxy) is 1. The lowest BCUT2D eigenvalue weighted by Gasteiger charge is -2.26. The number of amides is 4. The van der Waals surface area contributed by atoms with Crippen LogP contribution in [0, 0.1) is 13.8 Å². The lowest BCUT2D eigenvalue weighted by atomic mass is 10.1. The van der Waals surface area contributed by atoms with Crippen molar-refractivity contribution >= 4 is 45.5 Å². The summed E-state index contributed by atoms with van der Waals surface area (Å²) in [5, 5.41) is 2.26. The first-order valence-electron chi connectivity index (χ1n) is 10.5. The van der Waals surface area contributed by atoms with E-state index in [0.29, 0.717) is 17.9 Å². The van der Waals surface area contributed by atoms with Gasteiger partial charge < -0.3 is 9.30 Å². The van der Waals surface area contributed by atoms with Crippen molar-refractivity contribution in [3.8, 4) is 11.4 Å². The fourth-order valence-corrected chi connectivity index (χ4v) is 4.08. The summed E-state index contributed by atoms with van der Waals surface area (Å²) >= 11 is 3.33. The lowest BCUT2D eigenvalue weighted by Crippen LogP contribution is -2.54. The van der Waals surface area contributed by atoms with Gasteiger partial charge in [-0.1, -0.05) is 28.6 Å². The maximum Gasteiger partial charge on any atom is 0.335 e. The third-order valence-corrected chi connectivity index (χ3v) is 5.95. The van der Waals surface area contributed by atoms with Gasteiger partial charge in [-0.2, -0.15) is 0 Å². The minimum absolute atomic E-state index is 0.115. The molecule has 3 aromatic rings. The van der Waals surface area contributed by atoms with Crippen LogP contribution in [0.3, 0.4) is 0 Å². The van der Waals surface area contributed by atoms with E-state index < -0.39 is 17.8 Å². The van der Waals surface area contributed by atoms with Gasteiger partial charge >= 0.3 is 6.03 Å². The summed E-state index contributed by atoms with van der Waals surface area (Å²) in [6, 6.07) is 15.4. The second kappa shape index (κ2) is 9.52. The molecule has 0 aliphatic carbocycles. The summed E-state index contributed by atoms with van der Waals surface area (Å²) in [6.45, 7) is 7.92. The van der Waals surface area contributed by atoms with Gasteiger partial charge in [0.2, 0.25) is 0 Å². The third kappa shape index (κ3) is 4.45. The van der Waals surface area contributed by atoms with E-state index in [4.69, 9.17) is 4.74 Å². The minimum Gasteiger partial charge on any atom is -0.490 e. The summed E-state index contributed by atoms with van der Waals surface area (Å²) in [7, 11) is 0. The molecule has 2 heterocycles. The number of imide groups is 2. The molecule has 8 heteroatoms. The summed E-state index contributed by atoms with van der Waals surface area (Å²) in [6.07, 6.45) is 3.21. The standard InChI is InChI=1S/C26H22BrN3O4/c1-4-13-34-22-11-9-20(10-12-22)29-16(2)14-18(17(29)3)15-23-24(31)28-26(33)30(25(23)32)21-7-5-19(27)6-8-21/h4-12,14-15H,1,13H2,2-3H3,(H,28,31,33)/b23-15+. The molecule has 0 radical (unpaired) electrons. The number of nitrogens with one attached hydrogen (secondary N) is 1. The first kappa shape index (κ1) is 23.3. The molecule has 1 fully saturated rings. The van der Waals surface area contributed by atoms with Crippen molar-refractivity contribution in [3.05, 3.63) is 94.2 Å². The molecule has 0 atom stereocenters. The second-order valence-corrected chi connectivity index (χ2v) is 8.61. The molecular weight excluding hydrogens is 498 g/mol. The highest BCUT2D eigenvalue weighted by molar-refractivity contribution is 9.10. The fraction of sp³-hybridized carbons (Fsp3) is 0.115. The Labute approximate surface area is 205 Å². The Morgan fingerprint density at radius 1 is 1.00 bits per heavy atom. The number of hydrogen-bond acceptors (Lipinski definition) is 4. The number of hydrogen-bond donors (Lipinski definition) is 1. The maximum absolute atomic E-state index is 13.2. The van der Waals surface area contributed by atoms with Gasteiger partial charge in [0.25, 0.3) is 11.8 Å². The number of barbiturate groups is 1. The minimum atomic E-state index is -0.779. The number of carbonyl (C=O) groups is 3. The Kier molecular flexibility index (Phi) is 6.51. The molecule has 1 saturated heterocycles. The SMILES string of the molecule is C=CCOc1ccc(-n2c(C)cc(/C=C3\C(=O)NC(=O)N(c4ccc(Br)cc4)C3=O)c2C)cc1. The molecule has 172 valence electrons. The van der Waals surface area contributed by atoms with E-state index in [-0.39, 0.29) is 5.57 Å². The number of nitrogens with zero attached hydrogens (tertiary/aromatic N) is 2. The average molecular weight is 520 g/mol. The molecule has 0 unspecified atom stereocenters. The molecule has 1 aliphatic heterocycles. The Hall–Kier alpha value is -3.91. The number of aryl methyl sites for hydroxylation is 1.